The van der Waals surface area contributed by atoms with Gasteiger partial charge < -0.3 is 14.2 Å². The van der Waals surface area contributed by atoms with Gasteiger partial charge in [0, 0.05) is 50.2 Å². The van der Waals surface area contributed by atoms with Crippen LogP contribution in [0.2, 0.25) is 5.02 Å². The van der Waals surface area contributed by atoms with Gasteiger partial charge in [0.05, 0.1) is 22.1 Å². The van der Waals surface area contributed by atoms with Crippen LogP contribution in [0, 0.1) is 15.9 Å². The maximum absolute atomic E-state index is 14.0. The summed E-state index contributed by atoms with van der Waals surface area (Å²) in [5, 5.41) is 11.2. The zero-order valence-electron chi connectivity index (χ0n) is 17.9. The second-order valence-electron chi connectivity index (χ2n) is 7.83. The van der Waals surface area contributed by atoms with Gasteiger partial charge in [-0.05, 0) is 30.7 Å². The van der Waals surface area contributed by atoms with Gasteiger partial charge in [-0.3, -0.25) is 24.3 Å². The molecule has 12 heteroatoms. The number of hydrogen-bond acceptors (Lipinski definition) is 6. The van der Waals surface area contributed by atoms with Crippen LogP contribution in [0.15, 0.2) is 45.6 Å². The Morgan fingerprint density at radius 1 is 1.09 bits per heavy atom. The standard InChI is InChI=1S/C22H20ClFN4O6/c23-14-3-5-17(24)16(12-14)21(30)26-10-8-25(9-11-26)20(29)2-1-7-27-18-6-4-15(28(32)33)13-19(18)34-22(27)31/h3-6,12-13H,1-2,7-11H2. The minimum atomic E-state index is -0.650. The Bertz CT molecular complexity index is 1330. The second-order valence-corrected chi connectivity index (χ2v) is 8.27. The van der Waals surface area contributed by atoms with E-state index < -0.39 is 22.4 Å². The summed E-state index contributed by atoms with van der Waals surface area (Å²) in [7, 11) is 0. The molecular weight excluding hydrogens is 471 g/mol. The van der Waals surface area contributed by atoms with E-state index >= 15 is 0 Å². The Morgan fingerprint density at radius 3 is 2.50 bits per heavy atom. The van der Waals surface area contributed by atoms with E-state index in [4.69, 9.17) is 16.0 Å². The van der Waals surface area contributed by atoms with Crippen molar-refractivity contribution in [2.75, 3.05) is 26.2 Å². The maximum Gasteiger partial charge on any atom is 0.419 e. The number of aromatic nitrogens is 1. The van der Waals surface area contributed by atoms with Gasteiger partial charge in [-0.15, -0.1) is 0 Å². The molecule has 1 saturated heterocycles. The van der Waals surface area contributed by atoms with E-state index in [9.17, 15) is 28.9 Å². The number of halogens is 2. The molecule has 0 atom stereocenters. The van der Waals surface area contributed by atoms with Gasteiger partial charge in [0.1, 0.15) is 5.82 Å². The highest BCUT2D eigenvalue weighted by Gasteiger charge is 2.26. The molecule has 1 aromatic heterocycles. The van der Waals surface area contributed by atoms with Gasteiger partial charge in [-0.2, -0.15) is 0 Å². The van der Waals surface area contributed by atoms with Crippen molar-refractivity contribution in [3.05, 3.63) is 73.5 Å². The van der Waals surface area contributed by atoms with Crippen molar-refractivity contribution < 1.29 is 23.3 Å². The molecule has 178 valence electrons. The fourth-order valence-corrected chi connectivity index (χ4v) is 4.09. The lowest BCUT2D eigenvalue weighted by Crippen LogP contribution is -2.50. The van der Waals surface area contributed by atoms with Gasteiger partial charge in [-0.1, -0.05) is 11.6 Å². The van der Waals surface area contributed by atoms with Crippen molar-refractivity contribution in [1.82, 2.24) is 14.4 Å². The number of aryl methyl sites for hydroxylation is 1. The molecule has 10 nitrogen and oxygen atoms in total. The SMILES string of the molecule is O=C(CCCn1c(=O)oc2cc([N+](=O)[O-])ccc21)N1CCN(C(=O)c2cc(Cl)ccc2F)CC1. The number of fused-ring (bicyclic) bond motifs is 1. The number of carbonyl (C=O) groups is 2. The second kappa shape index (κ2) is 9.64. The van der Waals surface area contributed by atoms with Crippen LogP contribution in [0.3, 0.4) is 0 Å². The zero-order valence-corrected chi connectivity index (χ0v) is 18.7. The van der Waals surface area contributed by atoms with Crippen LogP contribution in [-0.4, -0.2) is 57.3 Å². The maximum atomic E-state index is 14.0. The summed E-state index contributed by atoms with van der Waals surface area (Å²) in [5.41, 5.74) is 0.251. The predicted octanol–water partition coefficient (Wildman–Crippen LogP) is 3.06. The van der Waals surface area contributed by atoms with Gasteiger partial charge in [0.2, 0.25) is 5.91 Å². The average molecular weight is 491 g/mol. The largest absolute Gasteiger partial charge is 0.419 e. The summed E-state index contributed by atoms with van der Waals surface area (Å²) >= 11 is 5.87. The number of hydrogen-bond donors (Lipinski definition) is 0. The molecule has 2 amide bonds. The van der Waals surface area contributed by atoms with Crippen LogP contribution < -0.4 is 5.76 Å². The van der Waals surface area contributed by atoms with Crippen LogP contribution in [0.1, 0.15) is 23.2 Å². The third kappa shape index (κ3) is 4.79. The van der Waals surface area contributed by atoms with Crippen LogP contribution in [0.25, 0.3) is 11.1 Å². The molecule has 1 aliphatic heterocycles. The van der Waals surface area contributed by atoms with Crippen LogP contribution in [-0.2, 0) is 11.3 Å². The molecule has 0 unspecified atom stereocenters. The smallest absolute Gasteiger partial charge is 0.407 e. The van der Waals surface area contributed by atoms with Crippen molar-refractivity contribution in [1.29, 1.82) is 0 Å². The number of oxazole rings is 1. The van der Waals surface area contributed by atoms with E-state index in [-0.39, 0.29) is 53.8 Å². The number of rotatable bonds is 6. The third-order valence-corrected chi connectivity index (χ3v) is 5.95. The number of nitrogens with zero attached hydrogens (tertiary/aromatic N) is 4. The number of benzene rings is 2. The van der Waals surface area contributed by atoms with E-state index in [0.29, 0.717) is 25.0 Å². The summed E-state index contributed by atoms with van der Waals surface area (Å²) in [6.07, 6.45) is 0.528. The number of nitro benzene ring substituents is 1. The molecule has 0 saturated carbocycles. The number of nitro groups is 1. The molecule has 1 fully saturated rings. The Labute approximate surface area is 197 Å². The summed E-state index contributed by atoms with van der Waals surface area (Å²) < 4.78 is 20.4. The summed E-state index contributed by atoms with van der Waals surface area (Å²) in [6, 6.07) is 7.72. The van der Waals surface area contributed by atoms with Crippen molar-refractivity contribution in [2.24, 2.45) is 0 Å². The topological polar surface area (TPSA) is 119 Å². The normalized spacial score (nSPS) is 13.9. The average Bonchev–Trinajstić information content (AvgIpc) is 3.14. The Kier molecular flexibility index (Phi) is 6.64. The molecule has 0 bridgehead atoms. The molecule has 0 N–H and O–H groups in total. The summed E-state index contributed by atoms with van der Waals surface area (Å²) in [4.78, 5) is 50.7. The molecule has 2 aromatic carbocycles. The first-order valence-electron chi connectivity index (χ1n) is 10.5. The molecule has 0 spiro atoms. The third-order valence-electron chi connectivity index (χ3n) is 5.71. The minimum Gasteiger partial charge on any atom is -0.407 e. The minimum absolute atomic E-state index is 0.101. The fourth-order valence-electron chi connectivity index (χ4n) is 3.92. The first-order valence-corrected chi connectivity index (χ1v) is 10.9. The molecular formula is C22H20ClFN4O6. The summed E-state index contributed by atoms with van der Waals surface area (Å²) in [6.45, 7) is 1.36. The highest BCUT2D eigenvalue weighted by Crippen LogP contribution is 2.21. The van der Waals surface area contributed by atoms with E-state index in [1.165, 1.54) is 39.8 Å². The van der Waals surface area contributed by atoms with Gasteiger partial charge >= 0.3 is 5.76 Å². The Hall–Kier alpha value is -3.73. The van der Waals surface area contributed by atoms with E-state index in [2.05, 4.69) is 0 Å². The zero-order chi connectivity index (χ0) is 24.4. The number of non-ortho nitro benzene ring substituents is 1. The summed E-state index contributed by atoms with van der Waals surface area (Å²) in [5.74, 6) is -1.90. The quantitative estimate of drug-likeness (QED) is 0.387. The molecule has 34 heavy (non-hydrogen) atoms. The van der Waals surface area contributed by atoms with E-state index in [1.807, 2.05) is 0 Å². The van der Waals surface area contributed by atoms with E-state index in [1.54, 1.807) is 4.90 Å². The van der Waals surface area contributed by atoms with Gasteiger partial charge in [0.25, 0.3) is 11.6 Å². The molecule has 3 aromatic rings. The molecule has 2 heterocycles. The Morgan fingerprint density at radius 2 is 1.79 bits per heavy atom. The van der Waals surface area contributed by atoms with Crippen molar-refractivity contribution in [3.63, 3.8) is 0 Å². The molecule has 1 aliphatic rings. The van der Waals surface area contributed by atoms with Crippen molar-refractivity contribution >= 4 is 40.2 Å². The molecule has 4 rings (SSSR count). The van der Waals surface area contributed by atoms with Crippen molar-refractivity contribution in [2.45, 2.75) is 19.4 Å². The molecule has 0 radical (unpaired) electrons. The first kappa shape index (κ1) is 23.4. The van der Waals surface area contributed by atoms with Gasteiger partial charge in [0.15, 0.2) is 5.58 Å². The van der Waals surface area contributed by atoms with E-state index in [0.717, 1.165) is 6.07 Å². The predicted molar refractivity (Wildman–Crippen MR) is 120 cm³/mol. The first-order chi connectivity index (χ1) is 16.2. The molecule has 0 aliphatic carbocycles. The fraction of sp³-hybridized carbons (Fsp3) is 0.318. The lowest BCUT2D eigenvalue weighted by molar-refractivity contribution is -0.384. The number of amides is 2. The lowest BCUT2D eigenvalue weighted by atomic mass is 10.1. The van der Waals surface area contributed by atoms with Crippen LogP contribution in [0.4, 0.5) is 10.1 Å². The number of piperazine rings is 1. The Balaban J connectivity index is 1.31. The lowest BCUT2D eigenvalue weighted by Gasteiger charge is -2.35. The van der Waals surface area contributed by atoms with Gasteiger partial charge in [-0.25, -0.2) is 9.18 Å². The highest BCUT2D eigenvalue weighted by atomic mass is 35.5. The number of carbonyl (C=O) groups excluding carboxylic acids is 2. The highest BCUT2D eigenvalue weighted by molar-refractivity contribution is 6.31. The van der Waals surface area contributed by atoms with Crippen LogP contribution >= 0.6 is 11.6 Å². The van der Waals surface area contributed by atoms with Crippen molar-refractivity contribution in [3.8, 4) is 0 Å². The van der Waals surface area contributed by atoms with Crippen LogP contribution in [0.5, 0.6) is 0 Å². The monoisotopic (exact) mass is 490 g/mol.